The van der Waals surface area contributed by atoms with Gasteiger partial charge in [0.15, 0.2) is 0 Å². The summed E-state index contributed by atoms with van der Waals surface area (Å²) in [5.74, 6) is 1.80. The van der Waals surface area contributed by atoms with Crippen molar-refractivity contribution >= 4 is 11.9 Å². The van der Waals surface area contributed by atoms with E-state index in [9.17, 15) is 10.1 Å². The molecule has 0 unspecified atom stereocenters. The first-order valence-electron chi connectivity index (χ1n) is 13.1. The topological polar surface area (TPSA) is 103 Å². The predicted molar refractivity (Wildman–Crippen MR) is 147 cm³/mol. The van der Waals surface area contributed by atoms with Gasteiger partial charge in [-0.05, 0) is 62.4 Å². The van der Waals surface area contributed by atoms with Crippen molar-refractivity contribution in [1.29, 1.82) is 5.26 Å². The number of para-hydroxylation sites is 1. The Morgan fingerprint density at radius 3 is 2.50 bits per heavy atom. The van der Waals surface area contributed by atoms with Gasteiger partial charge in [-0.25, -0.2) is 0 Å². The van der Waals surface area contributed by atoms with Crippen LogP contribution in [0.2, 0.25) is 0 Å². The number of methoxy groups -OCH3 is 1. The number of carbonyl (C=O) groups is 1. The van der Waals surface area contributed by atoms with Crippen molar-refractivity contribution < 1.29 is 13.9 Å². The van der Waals surface area contributed by atoms with Crippen molar-refractivity contribution in [3.63, 3.8) is 0 Å². The highest BCUT2D eigenvalue weighted by atomic mass is 16.5. The van der Waals surface area contributed by atoms with Crippen LogP contribution < -0.4 is 15.4 Å². The molecule has 38 heavy (non-hydrogen) atoms. The standard InChI is InChI=1S/C30H35N5O3/c1-3-32-29(34-22-31)35(20-25-12-9-19-38-25)24-15-17-30(18-16-24,23-10-5-4-6-11-23)21-33-28(36)26-13-7-8-14-27(26)37-2/h4-14,19,24H,3,15-18,20-21H2,1-2H3,(H,32,34)(H,33,36)/t24-,30+. The quantitative estimate of drug-likeness (QED) is 0.241. The molecule has 1 heterocycles. The predicted octanol–water partition coefficient (Wildman–Crippen LogP) is 4.85. The Labute approximate surface area is 224 Å². The molecule has 2 N–H and O–H groups in total. The van der Waals surface area contributed by atoms with Crippen molar-refractivity contribution in [3.8, 4) is 11.9 Å². The number of aliphatic imine (C=N–C) groups is 1. The average molecular weight is 514 g/mol. The van der Waals surface area contributed by atoms with Crippen LogP contribution in [-0.2, 0) is 12.0 Å². The highest BCUT2D eigenvalue weighted by molar-refractivity contribution is 5.97. The molecule has 4 rings (SSSR count). The van der Waals surface area contributed by atoms with E-state index >= 15 is 0 Å². The number of nitrogens with one attached hydrogen (secondary N) is 2. The number of carbonyl (C=O) groups excluding carboxylic acids is 1. The molecule has 3 aromatic rings. The Balaban J connectivity index is 1.55. The molecule has 2 aromatic carbocycles. The molecule has 8 nitrogen and oxygen atoms in total. The largest absolute Gasteiger partial charge is 0.496 e. The monoisotopic (exact) mass is 513 g/mol. The van der Waals surface area contributed by atoms with Crippen LogP contribution in [0.3, 0.4) is 0 Å². The fourth-order valence-electron chi connectivity index (χ4n) is 5.36. The number of benzene rings is 2. The Hall–Kier alpha value is -4.25. The summed E-state index contributed by atoms with van der Waals surface area (Å²) in [6.45, 7) is 3.69. The summed E-state index contributed by atoms with van der Waals surface area (Å²) in [5.41, 5.74) is 1.53. The number of hydrogen-bond donors (Lipinski definition) is 2. The Kier molecular flexibility index (Phi) is 9.04. The van der Waals surface area contributed by atoms with E-state index in [0.29, 0.717) is 36.9 Å². The van der Waals surface area contributed by atoms with Crippen molar-refractivity contribution in [2.75, 3.05) is 20.2 Å². The summed E-state index contributed by atoms with van der Waals surface area (Å²) in [4.78, 5) is 19.4. The van der Waals surface area contributed by atoms with Crippen LogP contribution in [0.1, 0.15) is 54.3 Å². The molecule has 0 saturated heterocycles. The highest BCUT2D eigenvalue weighted by Crippen LogP contribution is 2.41. The zero-order chi connectivity index (χ0) is 26.8. The first kappa shape index (κ1) is 26.8. The van der Waals surface area contributed by atoms with Gasteiger partial charge in [-0.2, -0.15) is 5.26 Å². The third-order valence-electron chi connectivity index (χ3n) is 7.35. The molecular weight excluding hydrogens is 478 g/mol. The van der Waals surface area contributed by atoms with E-state index in [4.69, 9.17) is 9.15 Å². The number of amides is 1. The van der Waals surface area contributed by atoms with Crippen molar-refractivity contribution in [1.82, 2.24) is 15.5 Å². The van der Waals surface area contributed by atoms with E-state index < -0.39 is 0 Å². The number of furan rings is 1. The fourth-order valence-corrected chi connectivity index (χ4v) is 5.36. The van der Waals surface area contributed by atoms with Gasteiger partial charge < -0.3 is 24.7 Å². The lowest BCUT2D eigenvalue weighted by molar-refractivity contribution is 0.0924. The van der Waals surface area contributed by atoms with E-state index in [1.165, 1.54) is 5.56 Å². The summed E-state index contributed by atoms with van der Waals surface area (Å²) in [6.07, 6.45) is 7.09. The van der Waals surface area contributed by atoms with E-state index in [0.717, 1.165) is 31.4 Å². The number of ether oxygens (including phenoxy) is 1. The molecule has 1 amide bonds. The fraction of sp³-hybridized carbons (Fsp3) is 0.367. The molecule has 1 saturated carbocycles. The van der Waals surface area contributed by atoms with Crippen LogP contribution in [0, 0.1) is 11.5 Å². The van der Waals surface area contributed by atoms with Gasteiger partial charge in [0.25, 0.3) is 5.91 Å². The SMILES string of the molecule is CCN/C(=N\C#N)N(Cc1ccco1)[C@H]1CC[C@@](CNC(=O)c2ccccc2OC)(c2ccccc2)CC1. The molecule has 198 valence electrons. The van der Waals surface area contributed by atoms with Gasteiger partial charge in [0.05, 0.1) is 25.5 Å². The molecule has 8 heteroatoms. The molecule has 0 bridgehead atoms. The summed E-state index contributed by atoms with van der Waals surface area (Å²) in [5, 5.41) is 15.8. The van der Waals surface area contributed by atoms with E-state index in [2.05, 4.69) is 44.8 Å². The molecule has 0 atom stereocenters. The first-order valence-corrected chi connectivity index (χ1v) is 13.1. The van der Waals surface area contributed by atoms with E-state index in [1.807, 2.05) is 43.4 Å². The Bertz CT molecular complexity index is 1240. The molecule has 1 aliphatic carbocycles. The number of rotatable bonds is 9. The summed E-state index contributed by atoms with van der Waals surface area (Å²) >= 11 is 0. The number of hydrogen-bond acceptors (Lipinski definition) is 5. The molecular formula is C30H35N5O3. The van der Waals surface area contributed by atoms with Crippen LogP contribution in [0.25, 0.3) is 0 Å². The number of nitriles is 1. The summed E-state index contributed by atoms with van der Waals surface area (Å²) in [6, 6.07) is 21.7. The van der Waals surface area contributed by atoms with Gasteiger partial charge >= 0.3 is 0 Å². The molecule has 0 aliphatic heterocycles. The summed E-state index contributed by atoms with van der Waals surface area (Å²) in [7, 11) is 1.57. The minimum Gasteiger partial charge on any atom is -0.496 e. The summed E-state index contributed by atoms with van der Waals surface area (Å²) < 4.78 is 11.0. The van der Waals surface area contributed by atoms with Gasteiger partial charge in [0, 0.05) is 24.5 Å². The van der Waals surface area contributed by atoms with Gasteiger partial charge in [0.2, 0.25) is 12.2 Å². The maximum absolute atomic E-state index is 13.2. The minimum absolute atomic E-state index is 0.144. The number of guanidine groups is 1. The third kappa shape index (κ3) is 6.17. The lowest BCUT2D eigenvalue weighted by atomic mass is 9.67. The Morgan fingerprint density at radius 2 is 1.84 bits per heavy atom. The molecule has 0 radical (unpaired) electrons. The van der Waals surface area contributed by atoms with Crippen LogP contribution >= 0.6 is 0 Å². The highest BCUT2D eigenvalue weighted by Gasteiger charge is 2.39. The van der Waals surface area contributed by atoms with Gasteiger partial charge in [0.1, 0.15) is 11.5 Å². The molecule has 0 spiro atoms. The van der Waals surface area contributed by atoms with Crippen LogP contribution in [0.4, 0.5) is 0 Å². The minimum atomic E-state index is -0.212. The van der Waals surface area contributed by atoms with Crippen molar-refractivity contribution in [2.45, 2.75) is 50.6 Å². The lowest BCUT2D eigenvalue weighted by Gasteiger charge is -2.44. The van der Waals surface area contributed by atoms with Crippen LogP contribution in [-0.4, -0.2) is 43.0 Å². The molecule has 1 aliphatic rings. The number of nitrogens with zero attached hydrogens (tertiary/aromatic N) is 3. The van der Waals surface area contributed by atoms with Crippen LogP contribution in [0.5, 0.6) is 5.75 Å². The van der Waals surface area contributed by atoms with Gasteiger partial charge in [-0.3, -0.25) is 4.79 Å². The van der Waals surface area contributed by atoms with Crippen molar-refractivity contribution in [2.24, 2.45) is 4.99 Å². The second-order valence-electron chi connectivity index (χ2n) is 9.53. The smallest absolute Gasteiger partial charge is 0.255 e. The zero-order valence-electron chi connectivity index (χ0n) is 22.0. The second-order valence-corrected chi connectivity index (χ2v) is 9.53. The normalized spacial score (nSPS) is 19.3. The first-order chi connectivity index (χ1) is 18.6. The van der Waals surface area contributed by atoms with E-state index in [-0.39, 0.29) is 17.4 Å². The lowest BCUT2D eigenvalue weighted by Crippen LogP contribution is -2.51. The van der Waals surface area contributed by atoms with Gasteiger partial charge in [-0.15, -0.1) is 4.99 Å². The second kappa shape index (κ2) is 12.8. The average Bonchev–Trinajstić information content (AvgIpc) is 3.49. The zero-order valence-corrected chi connectivity index (χ0v) is 22.0. The van der Waals surface area contributed by atoms with E-state index in [1.54, 1.807) is 25.5 Å². The maximum atomic E-state index is 13.2. The van der Waals surface area contributed by atoms with Crippen LogP contribution in [0.15, 0.2) is 82.4 Å². The molecule has 1 fully saturated rings. The maximum Gasteiger partial charge on any atom is 0.255 e. The Morgan fingerprint density at radius 1 is 1.11 bits per heavy atom. The van der Waals surface area contributed by atoms with Crippen molar-refractivity contribution in [3.05, 3.63) is 89.9 Å². The molecule has 1 aromatic heterocycles. The third-order valence-corrected chi connectivity index (χ3v) is 7.35. The van der Waals surface area contributed by atoms with Gasteiger partial charge in [-0.1, -0.05) is 42.5 Å².